The summed E-state index contributed by atoms with van der Waals surface area (Å²) in [6.07, 6.45) is 1.59. The maximum absolute atomic E-state index is 8.74. The third kappa shape index (κ3) is 3.22. The molecule has 5 heteroatoms. The van der Waals surface area contributed by atoms with Gasteiger partial charge in [-0.1, -0.05) is 15.9 Å². The van der Waals surface area contributed by atoms with Crippen LogP contribution >= 0.6 is 15.9 Å². The van der Waals surface area contributed by atoms with Gasteiger partial charge < -0.3 is 10.5 Å². The van der Waals surface area contributed by atoms with Crippen molar-refractivity contribution in [3.8, 4) is 11.8 Å². The molecule has 4 nitrogen and oxygen atoms in total. The summed E-state index contributed by atoms with van der Waals surface area (Å²) in [5.41, 5.74) is 7.61. The molecule has 90 valence electrons. The summed E-state index contributed by atoms with van der Waals surface area (Å²) >= 11 is 3.35. The normalized spacial score (nSPS) is 9.78. The van der Waals surface area contributed by atoms with Gasteiger partial charge in [-0.15, -0.1) is 0 Å². The molecule has 1 heterocycles. The highest BCUT2D eigenvalue weighted by Crippen LogP contribution is 2.23. The van der Waals surface area contributed by atoms with Gasteiger partial charge in [0.15, 0.2) is 0 Å². The number of aromatic nitrogens is 1. The van der Waals surface area contributed by atoms with Gasteiger partial charge in [-0.2, -0.15) is 5.26 Å². The van der Waals surface area contributed by atoms with Crippen molar-refractivity contribution in [3.63, 3.8) is 0 Å². The van der Waals surface area contributed by atoms with Crippen LogP contribution in [-0.2, 0) is 6.61 Å². The summed E-state index contributed by atoms with van der Waals surface area (Å²) in [5.74, 6) is 0.678. The Hall–Kier alpha value is -2.06. The minimum Gasteiger partial charge on any atom is -0.489 e. The zero-order valence-electron chi connectivity index (χ0n) is 9.43. The molecule has 0 bridgehead atoms. The first-order valence-corrected chi connectivity index (χ1v) is 6.00. The van der Waals surface area contributed by atoms with Crippen molar-refractivity contribution >= 4 is 21.6 Å². The number of nitrogens with zero attached hydrogens (tertiary/aromatic N) is 2. The Kier molecular flexibility index (Phi) is 3.80. The molecule has 1 aromatic heterocycles. The van der Waals surface area contributed by atoms with Gasteiger partial charge in [-0.3, -0.25) is 0 Å². The molecule has 0 amide bonds. The van der Waals surface area contributed by atoms with Crippen LogP contribution in [0.25, 0.3) is 0 Å². The van der Waals surface area contributed by atoms with E-state index in [2.05, 4.69) is 20.9 Å². The molecule has 2 rings (SSSR count). The number of ether oxygens (including phenoxy) is 1. The highest BCUT2D eigenvalue weighted by atomic mass is 79.9. The molecule has 1 aromatic carbocycles. The fraction of sp³-hybridized carbons (Fsp3) is 0.0769. The second-order valence-corrected chi connectivity index (χ2v) is 4.59. The summed E-state index contributed by atoms with van der Waals surface area (Å²) in [7, 11) is 0. The smallest absolute Gasteiger partial charge is 0.140 e. The van der Waals surface area contributed by atoms with Crippen LogP contribution in [0.4, 0.5) is 5.69 Å². The fourth-order valence-corrected chi connectivity index (χ4v) is 1.95. The van der Waals surface area contributed by atoms with E-state index in [1.807, 2.05) is 18.2 Å². The quantitative estimate of drug-likeness (QED) is 0.885. The first-order valence-electron chi connectivity index (χ1n) is 5.21. The van der Waals surface area contributed by atoms with Gasteiger partial charge in [0.2, 0.25) is 0 Å². The average molecular weight is 304 g/mol. The van der Waals surface area contributed by atoms with E-state index in [0.717, 1.165) is 10.0 Å². The summed E-state index contributed by atoms with van der Waals surface area (Å²) in [4.78, 5) is 3.90. The molecule has 2 aromatic rings. The molecule has 0 aliphatic rings. The maximum Gasteiger partial charge on any atom is 0.140 e. The van der Waals surface area contributed by atoms with Crippen LogP contribution in [0.5, 0.6) is 5.75 Å². The van der Waals surface area contributed by atoms with E-state index < -0.39 is 0 Å². The molecule has 0 spiro atoms. The van der Waals surface area contributed by atoms with Gasteiger partial charge in [-0.25, -0.2) is 4.98 Å². The van der Waals surface area contributed by atoms with Gasteiger partial charge in [0.25, 0.3) is 0 Å². The number of nitriles is 1. The van der Waals surface area contributed by atoms with E-state index in [4.69, 9.17) is 15.7 Å². The van der Waals surface area contributed by atoms with Gasteiger partial charge in [0.05, 0.1) is 0 Å². The Morgan fingerprint density at radius 3 is 2.89 bits per heavy atom. The third-order valence-corrected chi connectivity index (χ3v) is 2.70. The molecule has 2 N–H and O–H groups in total. The summed E-state index contributed by atoms with van der Waals surface area (Å²) < 4.78 is 6.47. The molecule has 0 radical (unpaired) electrons. The van der Waals surface area contributed by atoms with Crippen molar-refractivity contribution in [1.29, 1.82) is 5.26 Å². The minimum absolute atomic E-state index is 0.368. The molecule has 18 heavy (non-hydrogen) atoms. The third-order valence-electron chi connectivity index (χ3n) is 2.24. The number of hydrogen-bond acceptors (Lipinski definition) is 4. The van der Waals surface area contributed by atoms with Crippen molar-refractivity contribution < 1.29 is 4.74 Å². The predicted molar refractivity (Wildman–Crippen MR) is 71.8 cm³/mol. The van der Waals surface area contributed by atoms with Crippen molar-refractivity contribution in [2.24, 2.45) is 0 Å². The average Bonchev–Trinajstić information content (AvgIpc) is 2.35. The van der Waals surface area contributed by atoms with Crippen LogP contribution in [0, 0.1) is 11.3 Å². The van der Waals surface area contributed by atoms with Gasteiger partial charge >= 0.3 is 0 Å². The van der Waals surface area contributed by atoms with Crippen LogP contribution < -0.4 is 10.5 Å². The topological polar surface area (TPSA) is 71.9 Å². The number of nitrogen functional groups attached to an aromatic ring is 1. The lowest BCUT2D eigenvalue weighted by Gasteiger charge is -2.07. The summed E-state index contributed by atoms with van der Waals surface area (Å²) in [5, 5.41) is 8.74. The largest absolute Gasteiger partial charge is 0.489 e. The minimum atomic E-state index is 0.368. The van der Waals surface area contributed by atoms with E-state index in [0.29, 0.717) is 23.7 Å². The Balaban J connectivity index is 2.09. The summed E-state index contributed by atoms with van der Waals surface area (Å²) in [6.45, 7) is 0.368. The van der Waals surface area contributed by atoms with Gasteiger partial charge in [0.1, 0.15) is 24.1 Å². The number of benzene rings is 1. The van der Waals surface area contributed by atoms with E-state index in [-0.39, 0.29) is 0 Å². The van der Waals surface area contributed by atoms with Crippen LogP contribution in [0.15, 0.2) is 41.0 Å². The Bertz CT molecular complexity index is 587. The number of nitrogens with two attached hydrogens (primary N) is 1. The molecule has 0 aliphatic carbocycles. The van der Waals surface area contributed by atoms with Crippen molar-refractivity contribution in [3.05, 3.63) is 52.3 Å². The number of rotatable bonds is 3. The Morgan fingerprint density at radius 1 is 1.33 bits per heavy atom. The lowest BCUT2D eigenvalue weighted by atomic mass is 10.2. The highest BCUT2D eigenvalue weighted by molar-refractivity contribution is 9.10. The fourth-order valence-electron chi connectivity index (χ4n) is 1.46. The van der Waals surface area contributed by atoms with E-state index in [9.17, 15) is 0 Å². The molecule has 0 aliphatic heterocycles. The molecular weight excluding hydrogens is 294 g/mol. The lowest BCUT2D eigenvalue weighted by molar-refractivity contribution is 0.306. The second kappa shape index (κ2) is 5.52. The molecule has 0 unspecified atom stereocenters. The molecule has 0 atom stereocenters. The Labute approximate surface area is 113 Å². The Morgan fingerprint density at radius 2 is 2.17 bits per heavy atom. The van der Waals surface area contributed by atoms with Crippen LogP contribution in [0.2, 0.25) is 0 Å². The zero-order chi connectivity index (χ0) is 13.0. The van der Waals surface area contributed by atoms with Crippen molar-refractivity contribution in [2.45, 2.75) is 6.61 Å². The number of pyridine rings is 1. The van der Waals surface area contributed by atoms with Crippen LogP contribution in [0.1, 0.15) is 11.3 Å². The van der Waals surface area contributed by atoms with Crippen LogP contribution in [0.3, 0.4) is 0 Å². The predicted octanol–water partition coefficient (Wildman–Crippen LogP) is 2.88. The SMILES string of the molecule is N#Cc1cc(COc2cc(N)cc(Br)c2)ccn1. The lowest BCUT2D eigenvalue weighted by Crippen LogP contribution is -1.97. The van der Waals surface area contributed by atoms with Crippen molar-refractivity contribution in [2.75, 3.05) is 5.73 Å². The van der Waals surface area contributed by atoms with Crippen LogP contribution in [-0.4, -0.2) is 4.98 Å². The standard InChI is InChI=1S/C13H10BrN3O/c14-10-4-11(16)6-13(5-10)18-8-9-1-2-17-12(3-9)7-15/h1-6H,8,16H2. The number of halogens is 1. The molecule has 0 saturated heterocycles. The first-order chi connectivity index (χ1) is 8.67. The number of hydrogen-bond donors (Lipinski definition) is 1. The van der Waals surface area contributed by atoms with Gasteiger partial charge in [0, 0.05) is 22.4 Å². The molecule has 0 fully saturated rings. The zero-order valence-corrected chi connectivity index (χ0v) is 11.0. The summed E-state index contributed by atoms with van der Waals surface area (Å²) in [6, 6.07) is 10.9. The van der Waals surface area contributed by atoms with Gasteiger partial charge in [-0.05, 0) is 29.8 Å². The molecular formula is C13H10BrN3O. The van der Waals surface area contributed by atoms with E-state index in [1.54, 1.807) is 24.4 Å². The van der Waals surface area contributed by atoms with E-state index in [1.165, 1.54) is 0 Å². The van der Waals surface area contributed by atoms with Crippen molar-refractivity contribution in [1.82, 2.24) is 4.98 Å². The first kappa shape index (κ1) is 12.4. The second-order valence-electron chi connectivity index (χ2n) is 3.67. The number of anilines is 1. The molecule has 0 saturated carbocycles. The van der Waals surface area contributed by atoms with E-state index >= 15 is 0 Å². The maximum atomic E-state index is 8.74. The highest BCUT2D eigenvalue weighted by Gasteiger charge is 2.00. The monoisotopic (exact) mass is 303 g/mol.